The quantitative estimate of drug-likeness (QED) is 0.500. The summed E-state index contributed by atoms with van der Waals surface area (Å²) in [5.41, 5.74) is 6.11. The molecule has 0 amide bonds. The highest BCUT2D eigenvalue weighted by Gasteiger charge is 2.44. The van der Waals surface area contributed by atoms with Crippen LogP contribution in [0.25, 0.3) is 11.2 Å². The molecule has 108 valence electrons. The van der Waals surface area contributed by atoms with Crippen molar-refractivity contribution in [3.63, 3.8) is 0 Å². The largest absolute Gasteiger partial charge is 0.394 e. The lowest BCUT2D eigenvalue weighted by molar-refractivity contribution is -0.0511. The van der Waals surface area contributed by atoms with Gasteiger partial charge < -0.3 is 25.8 Å². The molecule has 0 aromatic carbocycles. The lowest BCUT2D eigenvalue weighted by Gasteiger charge is -2.16. The maximum absolute atomic E-state index is 9.99. The second kappa shape index (κ2) is 4.79. The summed E-state index contributed by atoms with van der Waals surface area (Å²) < 4.78 is 6.79. The number of fused-ring (bicyclic) bond motifs is 1. The predicted molar refractivity (Wildman–Crippen MR) is 67.8 cm³/mol. The molecule has 1 saturated heterocycles. The summed E-state index contributed by atoms with van der Waals surface area (Å²) in [5, 5.41) is 28.9. The topological polar surface area (TPSA) is 140 Å². The minimum absolute atomic E-state index is 0.0454. The van der Waals surface area contributed by atoms with Crippen molar-refractivity contribution in [2.45, 2.75) is 24.5 Å². The Kier molecular flexibility index (Phi) is 3.22. The molecule has 4 atom stereocenters. The molecule has 2 aromatic heterocycles. The van der Waals surface area contributed by atoms with Crippen molar-refractivity contribution in [2.24, 2.45) is 0 Å². The minimum atomic E-state index is -1.24. The summed E-state index contributed by atoms with van der Waals surface area (Å²) in [6, 6.07) is 0. The van der Waals surface area contributed by atoms with Crippen molar-refractivity contribution >= 4 is 28.7 Å². The number of nitrogens with zero attached hydrogens (tertiary/aromatic N) is 4. The summed E-state index contributed by atoms with van der Waals surface area (Å²) in [7, 11) is 0. The van der Waals surface area contributed by atoms with Crippen LogP contribution in [0, 0.1) is 0 Å². The summed E-state index contributed by atoms with van der Waals surface area (Å²) in [6.45, 7) is -0.417. The molecule has 1 aliphatic rings. The predicted octanol–water partition coefficient (Wildman–Crippen LogP) is -1.33. The van der Waals surface area contributed by atoms with Gasteiger partial charge in [0.1, 0.15) is 23.8 Å². The van der Waals surface area contributed by atoms with E-state index >= 15 is 0 Å². The molecule has 1 unspecified atom stereocenters. The van der Waals surface area contributed by atoms with Crippen LogP contribution in [0.1, 0.15) is 6.23 Å². The van der Waals surface area contributed by atoms with E-state index in [1.54, 1.807) is 0 Å². The standard InChI is InChI=1S/C10H12ClN5O4/c11-7-4-8(15-10(12)14-7)16(2-13-4)9-6(19)5(18)3(1-17)20-9/h2-3,5-6,9,17-19H,1H2,(H2,12,14,15)/t3-,5+,6-,9?/m1/s1. The molecule has 0 saturated carbocycles. The third kappa shape index (κ3) is 1.91. The van der Waals surface area contributed by atoms with Crippen molar-refractivity contribution in [1.29, 1.82) is 0 Å². The van der Waals surface area contributed by atoms with Crippen LogP contribution in [-0.2, 0) is 4.74 Å². The number of hydrogen-bond donors (Lipinski definition) is 4. The first-order valence-corrected chi connectivity index (χ1v) is 6.18. The van der Waals surface area contributed by atoms with Gasteiger partial charge in [0, 0.05) is 0 Å². The van der Waals surface area contributed by atoms with E-state index in [9.17, 15) is 10.2 Å². The number of hydrogen-bond acceptors (Lipinski definition) is 8. The van der Waals surface area contributed by atoms with E-state index in [0.717, 1.165) is 0 Å². The molecular weight excluding hydrogens is 290 g/mol. The summed E-state index contributed by atoms with van der Waals surface area (Å²) in [4.78, 5) is 11.8. The number of nitrogens with two attached hydrogens (primary N) is 1. The number of nitrogen functional groups attached to an aromatic ring is 1. The number of imidazole rings is 1. The van der Waals surface area contributed by atoms with Crippen molar-refractivity contribution in [2.75, 3.05) is 12.3 Å². The molecule has 0 aliphatic carbocycles. The Morgan fingerprint density at radius 3 is 2.75 bits per heavy atom. The number of aromatic nitrogens is 4. The number of aliphatic hydroxyl groups excluding tert-OH is 3. The Hall–Kier alpha value is -1.52. The second-order valence-corrected chi connectivity index (χ2v) is 4.78. The van der Waals surface area contributed by atoms with Crippen LogP contribution >= 0.6 is 11.6 Å². The lowest BCUT2D eigenvalue weighted by atomic mass is 10.1. The lowest BCUT2D eigenvalue weighted by Crippen LogP contribution is -2.33. The zero-order chi connectivity index (χ0) is 14.4. The average molecular weight is 302 g/mol. The van der Waals surface area contributed by atoms with Gasteiger partial charge in [0.25, 0.3) is 0 Å². The maximum atomic E-state index is 9.99. The molecule has 9 nitrogen and oxygen atoms in total. The smallest absolute Gasteiger partial charge is 0.223 e. The molecule has 10 heteroatoms. The molecule has 3 rings (SSSR count). The average Bonchev–Trinajstić information content (AvgIpc) is 2.93. The highest BCUT2D eigenvalue weighted by molar-refractivity contribution is 6.33. The normalized spacial score (nSPS) is 30.2. The Morgan fingerprint density at radius 2 is 2.10 bits per heavy atom. The van der Waals surface area contributed by atoms with Gasteiger partial charge >= 0.3 is 0 Å². The Morgan fingerprint density at radius 1 is 1.35 bits per heavy atom. The van der Waals surface area contributed by atoms with Gasteiger partial charge in [0.15, 0.2) is 17.0 Å². The number of anilines is 1. The van der Waals surface area contributed by atoms with Gasteiger partial charge in [0.2, 0.25) is 5.95 Å². The maximum Gasteiger partial charge on any atom is 0.223 e. The van der Waals surface area contributed by atoms with E-state index in [4.69, 9.17) is 27.2 Å². The second-order valence-electron chi connectivity index (χ2n) is 4.43. The third-order valence-corrected chi connectivity index (χ3v) is 3.45. The van der Waals surface area contributed by atoms with Crippen molar-refractivity contribution in [3.8, 4) is 0 Å². The number of rotatable bonds is 2. The van der Waals surface area contributed by atoms with Gasteiger partial charge in [-0.2, -0.15) is 9.97 Å². The number of halogens is 1. The Labute approximate surface area is 117 Å². The monoisotopic (exact) mass is 301 g/mol. The molecular formula is C10H12ClN5O4. The zero-order valence-electron chi connectivity index (χ0n) is 10.1. The van der Waals surface area contributed by atoms with Gasteiger partial charge in [-0.15, -0.1) is 0 Å². The first-order chi connectivity index (χ1) is 9.52. The van der Waals surface area contributed by atoms with Gasteiger partial charge in [-0.05, 0) is 0 Å². The summed E-state index contributed by atoms with van der Waals surface area (Å²) in [6.07, 6.45) is -2.93. The highest BCUT2D eigenvalue weighted by Crippen LogP contribution is 2.32. The molecule has 1 aliphatic heterocycles. The van der Waals surface area contributed by atoms with Crippen LogP contribution in [0.2, 0.25) is 5.15 Å². The molecule has 5 N–H and O–H groups in total. The fraction of sp³-hybridized carbons (Fsp3) is 0.500. The molecule has 0 bridgehead atoms. The third-order valence-electron chi connectivity index (χ3n) is 3.19. The van der Waals surface area contributed by atoms with E-state index < -0.39 is 31.1 Å². The van der Waals surface area contributed by atoms with Crippen LogP contribution < -0.4 is 5.73 Å². The van der Waals surface area contributed by atoms with Crippen LogP contribution in [0.4, 0.5) is 5.95 Å². The van der Waals surface area contributed by atoms with Crippen molar-refractivity contribution in [3.05, 3.63) is 11.5 Å². The fourth-order valence-electron chi connectivity index (χ4n) is 2.19. The van der Waals surface area contributed by atoms with Crippen LogP contribution in [0.15, 0.2) is 6.33 Å². The van der Waals surface area contributed by atoms with E-state index in [2.05, 4.69) is 15.0 Å². The number of ether oxygens (including phenoxy) is 1. The SMILES string of the molecule is Nc1nc(Cl)c2ncn(C3O[C@H](CO)[C@H](O)[C@H]3O)c2n1. The first-order valence-electron chi connectivity index (χ1n) is 5.81. The molecule has 1 fully saturated rings. The van der Waals surface area contributed by atoms with Crippen LogP contribution in [-0.4, -0.2) is 59.8 Å². The van der Waals surface area contributed by atoms with E-state index in [-0.39, 0.29) is 16.7 Å². The highest BCUT2D eigenvalue weighted by atomic mass is 35.5. The summed E-state index contributed by atoms with van der Waals surface area (Å²) in [5.74, 6) is -0.0454. The summed E-state index contributed by atoms with van der Waals surface area (Å²) >= 11 is 5.90. The van der Waals surface area contributed by atoms with E-state index in [0.29, 0.717) is 5.52 Å². The fourth-order valence-corrected chi connectivity index (χ4v) is 2.41. The van der Waals surface area contributed by atoms with Crippen molar-refractivity contribution < 1.29 is 20.1 Å². The minimum Gasteiger partial charge on any atom is -0.394 e. The van der Waals surface area contributed by atoms with Gasteiger partial charge in [0.05, 0.1) is 12.9 Å². The first kappa shape index (κ1) is 13.5. The molecule has 2 aromatic rings. The van der Waals surface area contributed by atoms with Crippen LogP contribution in [0.5, 0.6) is 0 Å². The van der Waals surface area contributed by atoms with Gasteiger partial charge in [-0.25, -0.2) is 4.98 Å². The van der Waals surface area contributed by atoms with Crippen LogP contribution in [0.3, 0.4) is 0 Å². The van der Waals surface area contributed by atoms with E-state index in [1.165, 1.54) is 10.9 Å². The number of aliphatic hydroxyl groups is 3. The molecule has 0 radical (unpaired) electrons. The Balaban J connectivity index is 2.07. The van der Waals surface area contributed by atoms with Crippen molar-refractivity contribution in [1.82, 2.24) is 19.5 Å². The molecule has 20 heavy (non-hydrogen) atoms. The Bertz CT molecular complexity index is 650. The molecule has 3 heterocycles. The van der Waals surface area contributed by atoms with E-state index in [1.807, 2.05) is 0 Å². The molecule has 0 spiro atoms. The van der Waals surface area contributed by atoms with Gasteiger partial charge in [-0.3, -0.25) is 4.57 Å². The van der Waals surface area contributed by atoms with Gasteiger partial charge in [-0.1, -0.05) is 11.6 Å². The zero-order valence-corrected chi connectivity index (χ0v) is 10.8.